The van der Waals surface area contributed by atoms with Gasteiger partial charge in [0.15, 0.2) is 11.5 Å². The molecule has 0 aliphatic heterocycles. The zero-order chi connectivity index (χ0) is 26.7. The summed E-state index contributed by atoms with van der Waals surface area (Å²) in [5.41, 5.74) is 0.561. The molecule has 2 amide bonds. The van der Waals surface area contributed by atoms with Gasteiger partial charge in [-0.3, -0.25) is 9.59 Å². The van der Waals surface area contributed by atoms with E-state index >= 15 is 0 Å². The van der Waals surface area contributed by atoms with Crippen LogP contribution in [0.1, 0.15) is 71.6 Å². The molecule has 200 valence electrons. The Balaban J connectivity index is 2.23. The van der Waals surface area contributed by atoms with Gasteiger partial charge in [0.25, 0.3) is 0 Å². The van der Waals surface area contributed by atoms with Crippen molar-refractivity contribution in [1.82, 2.24) is 9.80 Å². The largest absolute Gasteiger partial charge is 0.493 e. The lowest BCUT2D eigenvalue weighted by Gasteiger charge is -2.38. The molecule has 1 heterocycles. The second kappa shape index (κ2) is 14.0. The molecule has 0 N–H and O–H groups in total. The Kier molecular flexibility index (Phi) is 11.3. The molecule has 7 nitrogen and oxygen atoms in total. The fraction of sp³-hybridized carbons (Fsp3) is 0.586. The zero-order valence-electron chi connectivity index (χ0n) is 23.1. The van der Waals surface area contributed by atoms with Gasteiger partial charge in [0.2, 0.25) is 11.8 Å². The van der Waals surface area contributed by atoms with Crippen molar-refractivity contribution in [3.63, 3.8) is 0 Å². The quantitative estimate of drug-likeness (QED) is 0.332. The van der Waals surface area contributed by atoms with Crippen LogP contribution in [0.3, 0.4) is 0 Å². The molecule has 2 aromatic rings. The van der Waals surface area contributed by atoms with Crippen LogP contribution in [0.4, 0.5) is 0 Å². The van der Waals surface area contributed by atoms with Gasteiger partial charge >= 0.3 is 0 Å². The Morgan fingerprint density at radius 3 is 2.33 bits per heavy atom. The van der Waals surface area contributed by atoms with Crippen LogP contribution in [0.25, 0.3) is 0 Å². The van der Waals surface area contributed by atoms with Gasteiger partial charge in [-0.1, -0.05) is 32.8 Å². The predicted molar refractivity (Wildman–Crippen MR) is 142 cm³/mol. The van der Waals surface area contributed by atoms with Crippen molar-refractivity contribution in [2.75, 3.05) is 27.3 Å². The summed E-state index contributed by atoms with van der Waals surface area (Å²) in [5.74, 6) is 1.92. The summed E-state index contributed by atoms with van der Waals surface area (Å²) < 4.78 is 16.3. The number of unbranched alkanes of at least 4 members (excludes halogenated alkanes) is 1. The maximum Gasteiger partial charge on any atom is 0.242 e. The monoisotopic (exact) mass is 500 g/mol. The van der Waals surface area contributed by atoms with E-state index in [1.54, 1.807) is 30.3 Å². The van der Waals surface area contributed by atoms with Crippen LogP contribution >= 0.6 is 0 Å². The van der Waals surface area contributed by atoms with Crippen LogP contribution in [0, 0.1) is 5.92 Å². The molecule has 1 atom stereocenters. The molecule has 0 radical (unpaired) electrons. The van der Waals surface area contributed by atoms with Gasteiger partial charge in [0.1, 0.15) is 12.3 Å². The van der Waals surface area contributed by atoms with Gasteiger partial charge in [-0.25, -0.2) is 0 Å². The molecule has 0 fully saturated rings. The first-order valence-corrected chi connectivity index (χ1v) is 13.0. The van der Waals surface area contributed by atoms with Crippen LogP contribution in [0.2, 0.25) is 0 Å². The third-order valence-corrected chi connectivity index (χ3v) is 6.52. The minimum atomic E-state index is -0.466. The Morgan fingerprint density at radius 1 is 1.06 bits per heavy atom. The van der Waals surface area contributed by atoms with Gasteiger partial charge in [-0.15, -0.1) is 0 Å². The standard InChI is InChI=1S/C29H44N2O5/c1-8-10-12-23(9-2)28(33)31(29(3,4)5)21-27(32)30(20-24-13-11-18-36-24)17-16-22-14-15-25(34-6)26(19-22)35-7/h11,13-15,18-19,23H,8-10,12,16-17,20-21H2,1-7H3/t23-/m0/s1. The van der Waals surface area contributed by atoms with E-state index in [0.717, 1.165) is 31.2 Å². The number of methoxy groups -OCH3 is 2. The van der Waals surface area contributed by atoms with E-state index in [0.29, 0.717) is 36.8 Å². The number of carbonyl (C=O) groups excluding carboxylic acids is 2. The topological polar surface area (TPSA) is 72.2 Å². The van der Waals surface area contributed by atoms with Crippen LogP contribution < -0.4 is 9.47 Å². The van der Waals surface area contributed by atoms with E-state index in [1.165, 1.54) is 0 Å². The summed E-state index contributed by atoms with van der Waals surface area (Å²) in [7, 11) is 3.21. The Bertz CT molecular complexity index is 949. The van der Waals surface area contributed by atoms with E-state index in [-0.39, 0.29) is 24.3 Å². The predicted octanol–water partition coefficient (Wildman–Crippen LogP) is 5.71. The summed E-state index contributed by atoms with van der Waals surface area (Å²) in [6, 6.07) is 9.45. The van der Waals surface area contributed by atoms with Crippen molar-refractivity contribution >= 4 is 11.8 Å². The molecule has 1 aromatic carbocycles. The Hall–Kier alpha value is -2.96. The number of hydrogen-bond acceptors (Lipinski definition) is 5. The minimum absolute atomic E-state index is 0.0393. The zero-order valence-corrected chi connectivity index (χ0v) is 23.1. The van der Waals surface area contributed by atoms with E-state index in [2.05, 4.69) is 6.92 Å². The molecule has 0 aliphatic rings. The fourth-order valence-electron chi connectivity index (χ4n) is 4.24. The summed E-state index contributed by atoms with van der Waals surface area (Å²) >= 11 is 0. The fourth-order valence-corrected chi connectivity index (χ4v) is 4.24. The first kappa shape index (κ1) is 29.3. The van der Waals surface area contributed by atoms with E-state index in [1.807, 2.05) is 58.0 Å². The van der Waals surface area contributed by atoms with E-state index < -0.39 is 5.54 Å². The van der Waals surface area contributed by atoms with Crippen LogP contribution in [-0.2, 0) is 22.6 Å². The highest BCUT2D eigenvalue weighted by Crippen LogP contribution is 2.28. The smallest absolute Gasteiger partial charge is 0.242 e. The number of ether oxygens (including phenoxy) is 2. The minimum Gasteiger partial charge on any atom is -0.493 e. The summed E-state index contributed by atoms with van der Waals surface area (Å²) in [6.07, 6.45) is 5.91. The number of carbonyl (C=O) groups is 2. The van der Waals surface area contributed by atoms with Crippen molar-refractivity contribution in [2.45, 2.75) is 78.8 Å². The SMILES string of the molecule is CCCC[C@H](CC)C(=O)N(CC(=O)N(CCc1ccc(OC)c(OC)c1)Cc1ccco1)C(C)(C)C. The lowest BCUT2D eigenvalue weighted by atomic mass is 9.94. The number of benzene rings is 1. The third kappa shape index (κ3) is 8.32. The molecule has 1 aromatic heterocycles. The van der Waals surface area contributed by atoms with Crippen LogP contribution in [0.5, 0.6) is 11.5 Å². The average molecular weight is 501 g/mol. The Morgan fingerprint density at radius 2 is 1.78 bits per heavy atom. The van der Waals surface area contributed by atoms with Gasteiger partial charge in [0, 0.05) is 18.0 Å². The van der Waals surface area contributed by atoms with Gasteiger partial charge in [0.05, 0.1) is 27.0 Å². The molecule has 0 unspecified atom stereocenters. The molecular weight excluding hydrogens is 456 g/mol. The molecule has 7 heteroatoms. The second-order valence-electron chi connectivity index (χ2n) is 10.2. The van der Waals surface area contributed by atoms with Crippen molar-refractivity contribution in [1.29, 1.82) is 0 Å². The van der Waals surface area contributed by atoms with Gasteiger partial charge in [-0.05, 0) is 69.9 Å². The number of furan rings is 1. The van der Waals surface area contributed by atoms with Gasteiger partial charge < -0.3 is 23.7 Å². The molecule has 0 saturated carbocycles. The first-order chi connectivity index (χ1) is 17.1. The Labute approximate surface area is 216 Å². The number of amides is 2. The van der Waals surface area contributed by atoms with Gasteiger partial charge in [-0.2, -0.15) is 0 Å². The van der Waals surface area contributed by atoms with Crippen molar-refractivity contribution in [2.24, 2.45) is 5.92 Å². The number of nitrogens with zero attached hydrogens (tertiary/aromatic N) is 2. The maximum atomic E-state index is 13.6. The summed E-state index contributed by atoms with van der Waals surface area (Å²) in [4.78, 5) is 30.7. The van der Waals surface area contributed by atoms with Crippen LogP contribution in [-0.4, -0.2) is 54.5 Å². The highest BCUT2D eigenvalue weighted by Gasteiger charge is 2.33. The highest BCUT2D eigenvalue weighted by atomic mass is 16.5. The molecule has 0 saturated heterocycles. The molecule has 2 rings (SSSR count). The molecular formula is C29H44N2O5. The summed E-state index contributed by atoms with van der Waals surface area (Å²) in [5, 5.41) is 0. The molecule has 0 aliphatic carbocycles. The second-order valence-corrected chi connectivity index (χ2v) is 10.2. The van der Waals surface area contributed by atoms with Crippen LogP contribution in [0.15, 0.2) is 41.0 Å². The maximum absolute atomic E-state index is 13.6. The highest BCUT2D eigenvalue weighted by molar-refractivity contribution is 5.86. The third-order valence-electron chi connectivity index (χ3n) is 6.52. The normalized spacial score (nSPS) is 12.2. The van der Waals surface area contributed by atoms with Crippen molar-refractivity contribution in [3.8, 4) is 11.5 Å². The molecule has 0 spiro atoms. The number of hydrogen-bond donors (Lipinski definition) is 0. The van der Waals surface area contributed by atoms with E-state index in [9.17, 15) is 9.59 Å². The molecule has 0 bridgehead atoms. The van der Waals surface area contributed by atoms with E-state index in [4.69, 9.17) is 13.9 Å². The lowest BCUT2D eigenvalue weighted by Crippen LogP contribution is -2.53. The lowest BCUT2D eigenvalue weighted by molar-refractivity contribution is -0.148. The first-order valence-electron chi connectivity index (χ1n) is 13.0. The molecule has 36 heavy (non-hydrogen) atoms. The number of rotatable bonds is 14. The van der Waals surface area contributed by atoms with Crippen molar-refractivity contribution in [3.05, 3.63) is 47.9 Å². The summed E-state index contributed by atoms with van der Waals surface area (Å²) in [6.45, 7) is 11.0. The van der Waals surface area contributed by atoms with Crippen molar-refractivity contribution < 1.29 is 23.5 Å². The average Bonchev–Trinajstić information content (AvgIpc) is 3.37.